The van der Waals surface area contributed by atoms with Gasteiger partial charge in [-0.25, -0.2) is 4.98 Å². The van der Waals surface area contributed by atoms with Gasteiger partial charge in [-0.15, -0.1) is 21.5 Å². The number of hydrogen-bond acceptors (Lipinski definition) is 8. The Morgan fingerprint density at radius 3 is 2.59 bits per heavy atom. The highest BCUT2D eigenvalue weighted by Gasteiger charge is 2.21. The summed E-state index contributed by atoms with van der Waals surface area (Å²) in [5.74, 6) is 1.34. The Balaban J connectivity index is 1.25. The Labute approximate surface area is 305 Å². The molecule has 7 aromatic rings. The molecule has 3 aromatic heterocycles. The zero-order valence-corrected chi connectivity index (χ0v) is 30.4. The summed E-state index contributed by atoms with van der Waals surface area (Å²) in [6, 6.07) is 28.2. The van der Waals surface area contributed by atoms with Crippen molar-refractivity contribution in [2.45, 2.75) is 45.2 Å². The molecule has 0 aliphatic rings. The van der Waals surface area contributed by atoms with Gasteiger partial charge in [0.05, 0.1) is 22.3 Å². The zero-order chi connectivity index (χ0) is 35.3. The fourth-order valence-corrected chi connectivity index (χ4v) is 7.72. The summed E-state index contributed by atoms with van der Waals surface area (Å²) in [6.07, 6.45) is 3.77. The lowest BCUT2D eigenvalue weighted by atomic mass is 9.99. The highest BCUT2D eigenvalue weighted by Crippen LogP contribution is 2.32. The Morgan fingerprint density at radius 1 is 0.961 bits per heavy atom. The number of ether oxygens (including phenoxy) is 1. The third-order valence-electron chi connectivity index (χ3n) is 9.20. The lowest BCUT2D eigenvalue weighted by molar-refractivity contribution is 0.0951. The van der Waals surface area contributed by atoms with Crippen LogP contribution in [0.15, 0.2) is 84.9 Å². The second kappa shape index (κ2) is 15.3. The first-order chi connectivity index (χ1) is 24.9. The predicted molar refractivity (Wildman–Crippen MR) is 204 cm³/mol. The number of halogens is 1. The number of benzene rings is 4. The lowest BCUT2D eigenvalue weighted by Gasteiger charge is -2.17. The molecular weight excluding hydrogens is 680 g/mol. The highest BCUT2D eigenvalue weighted by molar-refractivity contribution is 7.18. The minimum Gasteiger partial charge on any atom is -0.497 e. The van der Waals surface area contributed by atoms with Crippen molar-refractivity contribution < 1.29 is 9.53 Å². The molecule has 0 radical (unpaired) electrons. The molecule has 0 saturated heterocycles. The number of thiazole rings is 1. The Morgan fingerprint density at radius 2 is 1.80 bits per heavy atom. The van der Waals surface area contributed by atoms with Gasteiger partial charge in [-0.2, -0.15) is 5.21 Å². The Bertz CT molecular complexity index is 2280. The fraction of sp³-hybridized carbons (Fsp3) is 0.256. The molecule has 0 fully saturated rings. The number of hydrogen-bond donors (Lipinski definition) is 2. The number of methoxy groups -OCH3 is 1. The van der Waals surface area contributed by atoms with E-state index in [1.807, 2.05) is 62.6 Å². The van der Waals surface area contributed by atoms with Gasteiger partial charge in [0.1, 0.15) is 5.75 Å². The van der Waals surface area contributed by atoms with Gasteiger partial charge in [-0.05, 0) is 84.5 Å². The van der Waals surface area contributed by atoms with Crippen LogP contribution in [0.4, 0.5) is 5.69 Å². The number of para-hydroxylation sites is 1. The first-order valence-electron chi connectivity index (χ1n) is 16.9. The molecule has 7 rings (SSSR count). The van der Waals surface area contributed by atoms with Gasteiger partial charge in [-0.1, -0.05) is 47.1 Å². The summed E-state index contributed by atoms with van der Waals surface area (Å²) < 4.78 is 8.94. The Hall–Kier alpha value is -5.26. The van der Waals surface area contributed by atoms with Crippen molar-refractivity contribution in [3.05, 3.63) is 129 Å². The number of fused-ring (bicyclic) bond motifs is 2. The van der Waals surface area contributed by atoms with Crippen molar-refractivity contribution in [2.75, 3.05) is 26.1 Å². The van der Waals surface area contributed by atoms with E-state index in [0.29, 0.717) is 30.9 Å². The zero-order valence-electron chi connectivity index (χ0n) is 28.8. The van der Waals surface area contributed by atoms with Crippen LogP contribution < -0.4 is 15.0 Å². The number of aromatic nitrogens is 6. The van der Waals surface area contributed by atoms with Crippen LogP contribution >= 0.6 is 22.9 Å². The predicted octanol–water partition coefficient (Wildman–Crippen LogP) is 7.24. The van der Waals surface area contributed by atoms with Crippen molar-refractivity contribution in [3.8, 4) is 5.75 Å². The number of aryl methyl sites for hydroxylation is 5. The molecule has 0 bridgehead atoms. The van der Waals surface area contributed by atoms with Gasteiger partial charge in [0, 0.05) is 79.0 Å². The number of amides is 1. The minimum atomic E-state index is -0.111. The number of rotatable bonds is 14. The molecule has 0 unspecified atom stereocenters. The largest absolute Gasteiger partial charge is 0.497 e. The summed E-state index contributed by atoms with van der Waals surface area (Å²) in [4.78, 5) is 20.7. The molecule has 12 heteroatoms. The van der Waals surface area contributed by atoms with Gasteiger partial charge in [-0.3, -0.25) is 4.79 Å². The molecule has 10 nitrogen and oxygen atoms in total. The molecule has 0 saturated carbocycles. The van der Waals surface area contributed by atoms with Crippen LogP contribution in [0.25, 0.3) is 21.1 Å². The number of nitrogens with zero attached hydrogens (tertiary/aromatic N) is 6. The average Bonchev–Trinajstić information content (AvgIpc) is 3.89. The fourth-order valence-electron chi connectivity index (χ4n) is 6.65. The number of H-pyrrole nitrogens is 1. The maximum atomic E-state index is 13.7. The molecule has 1 amide bonds. The third-order valence-corrected chi connectivity index (χ3v) is 10.5. The van der Waals surface area contributed by atoms with E-state index < -0.39 is 0 Å². The molecule has 3 heterocycles. The first-order valence-corrected chi connectivity index (χ1v) is 18.1. The molecule has 51 heavy (non-hydrogen) atoms. The van der Waals surface area contributed by atoms with Crippen LogP contribution in [0.1, 0.15) is 43.6 Å². The molecule has 260 valence electrons. The van der Waals surface area contributed by atoms with Gasteiger partial charge >= 0.3 is 0 Å². The van der Waals surface area contributed by atoms with Crippen LogP contribution in [0.2, 0.25) is 5.02 Å². The van der Waals surface area contributed by atoms with E-state index in [2.05, 4.69) is 71.8 Å². The molecule has 0 aliphatic heterocycles. The SMILES string of the molecule is COc1ccc2sc(CCc3c(CCc4ccc(Cl)cc4)c4cc(C(=O)NCc5ccccc5N(C)C)ccc4n3CCc3nn[nH]n3)nc2c1. The normalized spacial score (nSPS) is 11.4. The molecule has 0 atom stereocenters. The van der Waals surface area contributed by atoms with E-state index in [0.717, 1.165) is 73.8 Å². The van der Waals surface area contributed by atoms with E-state index in [1.165, 1.54) is 16.8 Å². The quantitative estimate of drug-likeness (QED) is 0.122. The van der Waals surface area contributed by atoms with Gasteiger partial charge < -0.3 is 19.5 Å². The van der Waals surface area contributed by atoms with Crippen molar-refractivity contribution in [2.24, 2.45) is 0 Å². The number of aromatic amines is 1. The van der Waals surface area contributed by atoms with Crippen molar-refractivity contribution >= 4 is 55.7 Å². The molecule has 4 aromatic carbocycles. The third kappa shape index (κ3) is 7.74. The van der Waals surface area contributed by atoms with Crippen LogP contribution in [0, 0.1) is 0 Å². The van der Waals surface area contributed by atoms with E-state index in [-0.39, 0.29) is 5.91 Å². The van der Waals surface area contributed by atoms with Crippen molar-refractivity contribution in [1.82, 2.24) is 35.5 Å². The number of carbonyl (C=O) groups excluding carboxylic acids is 1. The summed E-state index contributed by atoms with van der Waals surface area (Å²) in [5, 5.41) is 20.8. The highest BCUT2D eigenvalue weighted by atomic mass is 35.5. The standard InChI is InChI=1S/C39H39ClN8O2S/c1-47(2)33-7-5-4-6-27(33)24-41-39(49)26-11-16-35-31(22-26)30(15-10-25-8-12-28(40)13-9-25)34(48(35)21-20-37-43-45-46-44-37)17-19-38-42-32-23-29(50-3)14-18-36(32)51-38/h4-9,11-14,16,18,22-23H,10,15,17,19-21,24H2,1-3H3,(H,41,49)(H,43,44,45,46). The number of anilines is 1. The molecule has 0 aliphatic carbocycles. The van der Waals surface area contributed by atoms with Crippen LogP contribution in [0.5, 0.6) is 5.75 Å². The second-order valence-electron chi connectivity index (χ2n) is 12.7. The summed E-state index contributed by atoms with van der Waals surface area (Å²) >= 11 is 7.93. The number of tetrazole rings is 1. The van der Waals surface area contributed by atoms with E-state index in [1.54, 1.807) is 18.4 Å². The molecule has 2 N–H and O–H groups in total. The molecule has 0 spiro atoms. The van der Waals surface area contributed by atoms with Crippen LogP contribution in [-0.2, 0) is 45.2 Å². The van der Waals surface area contributed by atoms with Crippen LogP contribution in [-0.4, -0.2) is 57.3 Å². The monoisotopic (exact) mass is 718 g/mol. The first kappa shape index (κ1) is 34.2. The topological polar surface area (TPSA) is 114 Å². The smallest absolute Gasteiger partial charge is 0.251 e. The van der Waals surface area contributed by atoms with Crippen molar-refractivity contribution in [1.29, 1.82) is 0 Å². The summed E-state index contributed by atoms with van der Waals surface area (Å²) in [6.45, 7) is 1.09. The van der Waals surface area contributed by atoms with Gasteiger partial charge in [0.25, 0.3) is 5.91 Å². The van der Waals surface area contributed by atoms with Gasteiger partial charge in [0.15, 0.2) is 5.82 Å². The maximum Gasteiger partial charge on any atom is 0.251 e. The van der Waals surface area contributed by atoms with E-state index >= 15 is 0 Å². The Kier molecular flexibility index (Phi) is 10.3. The second-order valence-corrected chi connectivity index (χ2v) is 14.2. The van der Waals surface area contributed by atoms with Gasteiger partial charge in [0.2, 0.25) is 0 Å². The minimum absolute atomic E-state index is 0.111. The number of nitrogens with one attached hydrogen (secondary N) is 2. The van der Waals surface area contributed by atoms with E-state index in [9.17, 15) is 4.79 Å². The number of carbonyl (C=O) groups is 1. The molecular formula is C39H39ClN8O2S. The van der Waals surface area contributed by atoms with Crippen LogP contribution in [0.3, 0.4) is 0 Å². The lowest BCUT2D eigenvalue weighted by Crippen LogP contribution is -2.24. The van der Waals surface area contributed by atoms with E-state index in [4.69, 9.17) is 21.3 Å². The summed E-state index contributed by atoms with van der Waals surface area (Å²) in [5.41, 5.74) is 8.42. The maximum absolute atomic E-state index is 13.7. The average molecular weight is 719 g/mol. The summed E-state index contributed by atoms with van der Waals surface area (Å²) in [7, 11) is 5.69. The van der Waals surface area contributed by atoms with Crippen molar-refractivity contribution in [3.63, 3.8) is 0 Å².